The zero-order valence-corrected chi connectivity index (χ0v) is 17.8. The minimum atomic E-state index is -3.98. The fraction of sp³-hybridized carbons (Fsp3) is 0.120. The minimum Gasteiger partial charge on any atom is -0.273 e. The van der Waals surface area contributed by atoms with Gasteiger partial charge in [-0.15, -0.1) is 0 Å². The van der Waals surface area contributed by atoms with Crippen molar-refractivity contribution >= 4 is 26.7 Å². The second-order valence-electron chi connectivity index (χ2n) is 7.51. The Hall–Kier alpha value is -3.51. The lowest BCUT2D eigenvalue weighted by molar-refractivity contribution is -0.120. The van der Waals surface area contributed by atoms with Gasteiger partial charge in [0.1, 0.15) is 0 Å². The monoisotopic (exact) mass is 430 g/mol. The number of hydrogen-bond acceptors (Lipinski definition) is 4. The van der Waals surface area contributed by atoms with E-state index in [1.807, 2.05) is 55.5 Å². The first-order valence-corrected chi connectivity index (χ1v) is 11.4. The molecule has 0 saturated heterocycles. The summed E-state index contributed by atoms with van der Waals surface area (Å²) in [5, 5.41) is 2.05. The van der Waals surface area contributed by atoms with Crippen LogP contribution in [0.4, 0.5) is 0 Å². The standard InChI is InChI=1S/C25H22N2O3S/c1-18-8-12-23(13-9-18)31(29,30)27-25(28)24(15-19-5-4-14-26-17-19)22-11-10-20-6-2-3-7-21(20)16-22/h2-14,16-17,24H,15H2,1H3,(H,27,28). The predicted molar refractivity (Wildman–Crippen MR) is 121 cm³/mol. The van der Waals surface area contributed by atoms with E-state index in [2.05, 4.69) is 9.71 Å². The van der Waals surface area contributed by atoms with E-state index in [9.17, 15) is 13.2 Å². The van der Waals surface area contributed by atoms with Crippen molar-refractivity contribution in [3.63, 3.8) is 0 Å². The molecule has 1 amide bonds. The highest BCUT2D eigenvalue weighted by atomic mass is 32.2. The molecule has 3 aromatic carbocycles. The Bertz CT molecular complexity index is 1320. The number of aryl methyl sites for hydroxylation is 1. The molecular formula is C25H22N2O3S. The zero-order valence-electron chi connectivity index (χ0n) is 17.0. The van der Waals surface area contributed by atoms with Crippen LogP contribution in [0.5, 0.6) is 0 Å². The molecule has 156 valence electrons. The Labute approximate surface area is 181 Å². The van der Waals surface area contributed by atoms with E-state index >= 15 is 0 Å². The largest absolute Gasteiger partial charge is 0.273 e. The number of hydrogen-bond donors (Lipinski definition) is 1. The van der Waals surface area contributed by atoms with Gasteiger partial charge in [0, 0.05) is 12.4 Å². The summed E-state index contributed by atoms with van der Waals surface area (Å²) >= 11 is 0. The van der Waals surface area contributed by atoms with Gasteiger partial charge in [0.15, 0.2) is 0 Å². The second-order valence-corrected chi connectivity index (χ2v) is 9.19. The molecule has 1 heterocycles. The molecular weight excluding hydrogens is 408 g/mol. The molecule has 0 aliphatic rings. The molecule has 1 atom stereocenters. The van der Waals surface area contributed by atoms with Gasteiger partial charge < -0.3 is 0 Å². The van der Waals surface area contributed by atoms with Crippen LogP contribution in [0.1, 0.15) is 22.6 Å². The van der Waals surface area contributed by atoms with Gasteiger partial charge in [-0.2, -0.15) is 0 Å². The van der Waals surface area contributed by atoms with Gasteiger partial charge in [-0.25, -0.2) is 13.1 Å². The molecule has 4 rings (SSSR count). The molecule has 0 radical (unpaired) electrons. The third kappa shape index (κ3) is 4.81. The molecule has 0 spiro atoms. The van der Waals surface area contributed by atoms with Gasteiger partial charge in [-0.05, 0) is 53.4 Å². The van der Waals surface area contributed by atoms with Gasteiger partial charge in [-0.1, -0.05) is 66.2 Å². The number of amides is 1. The number of sulfonamides is 1. The van der Waals surface area contributed by atoms with Crippen molar-refractivity contribution in [3.8, 4) is 0 Å². The average molecular weight is 431 g/mol. The second kappa shape index (κ2) is 8.70. The topological polar surface area (TPSA) is 76.1 Å². The normalized spacial score (nSPS) is 12.4. The molecule has 0 fully saturated rings. The predicted octanol–water partition coefficient (Wildman–Crippen LogP) is 4.37. The molecule has 1 aromatic heterocycles. The van der Waals surface area contributed by atoms with E-state index in [-0.39, 0.29) is 4.90 Å². The molecule has 31 heavy (non-hydrogen) atoms. The third-order valence-corrected chi connectivity index (χ3v) is 6.58. The van der Waals surface area contributed by atoms with Gasteiger partial charge in [0.2, 0.25) is 5.91 Å². The Kier molecular flexibility index (Phi) is 5.82. The van der Waals surface area contributed by atoms with Crippen molar-refractivity contribution in [1.82, 2.24) is 9.71 Å². The lowest BCUT2D eigenvalue weighted by Gasteiger charge is -2.18. The van der Waals surface area contributed by atoms with E-state index in [1.54, 1.807) is 30.6 Å². The number of pyridine rings is 1. The Morgan fingerprint density at radius 2 is 1.68 bits per heavy atom. The Morgan fingerprint density at radius 1 is 0.935 bits per heavy atom. The number of carbonyl (C=O) groups excluding carboxylic acids is 1. The Morgan fingerprint density at radius 3 is 2.39 bits per heavy atom. The van der Waals surface area contributed by atoms with Crippen LogP contribution in [0, 0.1) is 6.92 Å². The van der Waals surface area contributed by atoms with E-state index in [4.69, 9.17) is 0 Å². The summed E-state index contributed by atoms with van der Waals surface area (Å²) < 4.78 is 27.9. The maximum atomic E-state index is 13.2. The number of fused-ring (bicyclic) bond motifs is 1. The van der Waals surface area contributed by atoms with Crippen LogP contribution in [-0.2, 0) is 21.2 Å². The first kappa shape index (κ1) is 20.8. The molecule has 0 bridgehead atoms. The zero-order chi connectivity index (χ0) is 21.8. The third-order valence-electron chi connectivity index (χ3n) is 5.22. The highest BCUT2D eigenvalue weighted by molar-refractivity contribution is 7.90. The summed E-state index contributed by atoms with van der Waals surface area (Å²) in [6.07, 6.45) is 3.69. The number of aromatic nitrogens is 1. The fourth-order valence-electron chi connectivity index (χ4n) is 3.52. The van der Waals surface area contributed by atoms with Gasteiger partial charge >= 0.3 is 0 Å². The smallest absolute Gasteiger partial charge is 0.264 e. The first-order valence-electron chi connectivity index (χ1n) is 9.93. The number of rotatable bonds is 6. The highest BCUT2D eigenvalue weighted by Gasteiger charge is 2.26. The summed E-state index contributed by atoms with van der Waals surface area (Å²) in [5.74, 6) is -1.26. The lowest BCUT2D eigenvalue weighted by Crippen LogP contribution is -2.35. The van der Waals surface area contributed by atoms with E-state index in [1.165, 1.54) is 12.1 Å². The molecule has 0 aliphatic carbocycles. The van der Waals surface area contributed by atoms with Crippen LogP contribution >= 0.6 is 0 Å². The summed E-state index contributed by atoms with van der Waals surface area (Å²) in [5.41, 5.74) is 2.54. The van der Waals surface area contributed by atoms with Crippen LogP contribution < -0.4 is 4.72 Å². The van der Waals surface area contributed by atoms with Crippen molar-refractivity contribution in [2.45, 2.75) is 24.2 Å². The molecule has 6 heteroatoms. The van der Waals surface area contributed by atoms with Gasteiger partial charge in [-0.3, -0.25) is 9.78 Å². The lowest BCUT2D eigenvalue weighted by atomic mass is 9.90. The number of nitrogens with zero attached hydrogens (tertiary/aromatic N) is 1. The maximum Gasteiger partial charge on any atom is 0.264 e. The number of benzene rings is 3. The van der Waals surface area contributed by atoms with Crippen LogP contribution in [0.25, 0.3) is 10.8 Å². The van der Waals surface area contributed by atoms with E-state index < -0.39 is 21.8 Å². The van der Waals surface area contributed by atoms with Crippen LogP contribution in [-0.4, -0.2) is 19.3 Å². The van der Waals surface area contributed by atoms with Crippen molar-refractivity contribution in [2.24, 2.45) is 0 Å². The van der Waals surface area contributed by atoms with Crippen molar-refractivity contribution in [1.29, 1.82) is 0 Å². The minimum absolute atomic E-state index is 0.0603. The van der Waals surface area contributed by atoms with Crippen molar-refractivity contribution in [2.75, 3.05) is 0 Å². The number of carbonyl (C=O) groups is 1. The fourth-order valence-corrected chi connectivity index (χ4v) is 4.54. The van der Waals surface area contributed by atoms with E-state index in [0.717, 1.165) is 27.5 Å². The van der Waals surface area contributed by atoms with E-state index in [0.29, 0.717) is 6.42 Å². The summed E-state index contributed by atoms with van der Waals surface area (Å²) in [7, 11) is -3.98. The van der Waals surface area contributed by atoms with Crippen molar-refractivity contribution < 1.29 is 13.2 Å². The van der Waals surface area contributed by atoms with Crippen molar-refractivity contribution in [3.05, 3.63) is 108 Å². The first-order chi connectivity index (χ1) is 14.9. The molecule has 5 nitrogen and oxygen atoms in total. The number of nitrogens with one attached hydrogen (secondary N) is 1. The maximum absolute atomic E-state index is 13.2. The summed E-state index contributed by atoms with van der Waals surface area (Å²) in [6.45, 7) is 1.87. The quantitative estimate of drug-likeness (QED) is 0.493. The highest BCUT2D eigenvalue weighted by Crippen LogP contribution is 2.26. The van der Waals surface area contributed by atoms with Crippen LogP contribution in [0.15, 0.2) is 96.2 Å². The molecule has 4 aromatic rings. The molecule has 0 aliphatic heterocycles. The summed E-state index contributed by atoms with van der Waals surface area (Å²) in [4.78, 5) is 17.4. The van der Waals surface area contributed by atoms with Crippen LogP contribution in [0.2, 0.25) is 0 Å². The van der Waals surface area contributed by atoms with Gasteiger partial charge in [0.25, 0.3) is 10.0 Å². The van der Waals surface area contributed by atoms with Crippen LogP contribution in [0.3, 0.4) is 0 Å². The molecule has 0 saturated carbocycles. The SMILES string of the molecule is Cc1ccc(S(=O)(=O)NC(=O)C(Cc2cccnc2)c2ccc3ccccc3c2)cc1. The molecule has 1 N–H and O–H groups in total. The van der Waals surface area contributed by atoms with Gasteiger partial charge in [0.05, 0.1) is 10.8 Å². The Balaban J connectivity index is 1.69. The summed E-state index contributed by atoms with van der Waals surface area (Å²) in [6, 6.07) is 23.7. The molecule has 1 unspecified atom stereocenters. The average Bonchev–Trinajstić information content (AvgIpc) is 2.78.